The van der Waals surface area contributed by atoms with Crippen LogP contribution in [-0.4, -0.2) is 45.4 Å². The second-order valence-corrected chi connectivity index (χ2v) is 9.44. The maximum Gasteiger partial charge on any atom is 0.330 e. The quantitative estimate of drug-likeness (QED) is 0.485. The molecule has 1 aliphatic heterocycles. The fourth-order valence-electron chi connectivity index (χ4n) is 3.82. The number of aromatic nitrogens is 4. The Morgan fingerprint density at radius 2 is 1.94 bits per heavy atom. The SMILES string of the molecule is CCN1C(=O)N(c2ccc(F)c(NC(=O)Nc3cc(C(C)(C)C)nn3C)c2)Cc2cnc(NC)nc21. The van der Waals surface area contributed by atoms with E-state index in [-0.39, 0.29) is 23.7 Å². The summed E-state index contributed by atoms with van der Waals surface area (Å²) in [5.41, 5.74) is 1.72. The van der Waals surface area contributed by atoms with Gasteiger partial charge in [0.2, 0.25) is 5.95 Å². The number of urea groups is 2. The highest BCUT2D eigenvalue weighted by atomic mass is 19.1. The van der Waals surface area contributed by atoms with Crippen LogP contribution in [-0.2, 0) is 19.0 Å². The molecule has 3 heterocycles. The van der Waals surface area contributed by atoms with Crippen molar-refractivity contribution in [1.29, 1.82) is 0 Å². The molecular weight excluding hydrogens is 465 g/mol. The number of hydrogen-bond donors (Lipinski definition) is 3. The Hall–Kier alpha value is -4.22. The summed E-state index contributed by atoms with van der Waals surface area (Å²) in [6.07, 6.45) is 1.66. The van der Waals surface area contributed by atoms with Gasteiger partial charge in [0, 0.05) is 49.6 Å². The van der Waals surface area contributed by atoms with E-state index in [0.29, 0.717) is 29.8 Å². The third kappa shape index (κ3) is 4.79. The molecule has 190 valence electrons. The van der Waals surface area contributed by atoms with Gasteiger partial charge in [-0.1, -0.05) is 20.8 Å². The van der Waals surface area contributed by atoms with Crippen LogP contribution in [0.4, 0.5) is 42.9 Å². The lowest BCUT2D eigenvalue weighted by atomic mass is 9.92. The number of halogens is 1. The van der Waals surface area contributed by atoms with E-state index in [1.165, 1.54) is 28.0 Å². The molecule has 0 aliphatic carbocycles. The molecule has 1 aliphatic rings. The Labute approximate surface area is 208 Å². The first-order chi connectivity index (χ1) is 17.0. The molecule has 4 amide bonds. The van der Waals surface area contributed by atoms with Gasteiger partial charge in [0.1, 0.15) is 17.5 Å². The molecule has 3 aromatic rings. The van der Waals surface area contributed by atoms with Gasteiger partial charge in [-0.2, -0.15) is 10.1 Å². The Morgan fingerprint density at radius 1 is 1.19 bits per heavy atom. The van der Waals surface area contributed by atoms with Crippen LogP contribution in [0.5, 0.6) is 0 Å². The predicted octanol–water partition coefficient (Wildman–Crippen LogP) is 4.30. The molecule has 0 fully saturated rings. The summed E-state index contributed by atoms with van der Waals surface area (Å²) in [5, 5.41) is 12.5. The van der Waals surface area contributed by atoms with Crippen LogP contribution in [0, 0.1) is 5.82 Å². The van der Waals surface area contributed by atoms with Crippen molar-refractivity contribution in [2.24, 2.45) is 7.05 Å². The lowest BCUT2D eigenvalue weighted by Gasteiger charge is -2.35. The van der Waals surface area contributed by atoms with E-state index in [4.69, 9.17) is 0 Å². The zero-order chi connectivity index (χ0) is 26.2. The van der Waals surface area contributed by atoms with Crippen molar-refractivity contribution in [2.75, 3.05) is 39.3 Å². The molecule has 0 radical (unpaired) electrons. The van der Waals surface area contributed by atoms with Crippen LogP contribution in [0.25, 0.3) is 0 Å². The zero-order valence-electron chi connectivity index (χ0n) is 21.2. The number of hydrogen-bond acceptors (Lipinski definition) is 6. The summed E-state index contributed by atoms with van der Waals surface area (Å²) in [5.74, 6) is 0.782. The summed E-state index contributed by atoms with van der Waals surface area (Å²) < 4.78 is 16.2. The molecule has 0 spiro atoms. The third-order valence-electron chi connectivity index (χ3n) is 5.83. The third-order valence-corrected chi connectivity index (χ3v) is 5.83. The van der Waals surface area contributed by atoms with Crippen molar-refractivity contribution in [3.8, 4) is 0 Å². The van der Waals surface area contributed by atoms with E-state index in [1.54, 1.807) is 31.0 Å². The molecule has 11 nitrogen and oxygen atoms in total. The molecule has 1 aromatic carbocycles. The van der Waals surface area contributed by atoms with Gasteiger partial charge < -0.3 is 10.6 Å². The highest BCUT2D eigenvalue weighted by molar-refractivity contribution is 6.06. The van der Waals surface area contributed by atoms with Crippen LogP contribution < -0.4 is 25.8 Å². The van der Waals surface area contributed by atoms with E-state index in [1.807, 2.05) is 27.7 Å². The number of amides is 4. The molecule has 12 heteroatoms. The normalized spacial score (nSPS) is 13.5. The summed E-state index contributed by atoms with van der Waals surface area (Å²) in [6, 6.07) is 4.97. The fraction of sp³-hybridized carbons (Fsp3) is 0.375. The number of nitrogens with zero attached hydrogens (tertiary/aromatic N) is 6. The smallest absolute Gasteiger partial charge is 0.330 e. The molecule has 0 saturated carbocycles. The first-order valence-electron chi connectivity index (χ1n) is 11.6. The average molecular weight is 496 g/mol. The van der Waals surface area contributed by atoms with Crippen LogP contribution in [0.2, 0.25) is 0 Å². The summed E-state index contributed by atoms with van der Waals surface area (Å²) in [4.78, 5) is 37.6. The van der Waals surface area contributed by atoms with E-state index in [2.05, 4.69) is 31.0 Å². The lowest BCUT2D eigenvalue weighted by molar-refractivity contribution is 0.250. The maximum absolute atomic E-state index is 14.6. The number of fused-ring (bicyclic) bond motifs is 1. The van der Waals surface area contributed by atoms with Gasteiger partial charge in [-0.3, -0.25) is 19.8 Å². The topological polar surface area (TPSA) is 120 Å². The second kappa shape index (κ2) is 9.44. The first kappa shape index (κ1) is 24.9. The number of aryl methyl sites for hydroxylation is 1. The molecule has 3 N–H and O–H groups in total. The first-order valence-corrected chi connectivity index (χ1v) is 11.6. The van der Waals surface area contributed by atoms with E-state index >= 15 is 0 Å². The van der Waals surface area contributed by atoms with Crippen molar-refractivity contribution < 1.29 is 14.0 Å². The summed E-state index contributed by atoms with van der Waals surface area (Å²) >= 11 is 0. The number of benzene rings is 1. The minimum Gasteiger partial charge on any atom is -0.357 e. The van der Waals surface area contributed by atoms with Crippen molar-refractivity contribution >= 4 is 41.0 Å². The molecule has 2 aromatic heterocycles. The van der Waals surface area contributed by atoms with E-state index in [0.717, 1.165) is 11.3 Å². The minimum atomic E-state index is -0.631. The highest BCUT2D eigenvalue weighted by Crippen LogP contribution is 2.32. The van der Waals surface area contributed by atoms with Gasteiger partial charge in [0.15, 0.2) is 0 Å². The highest BCUT2D eigenvalue weighted by Gasteiger charge is 2.32. The van der Waals surface area contributed by atoms with E-state index in [9.17, 15) is 14.0 Å². The second-order valence-electron chi connectivity index (χ2n) is 9.44. The Kier molecular flexibility index (Phi) is 6.53. The number of carbonyl (C=O) groups excluding carboxylic acids is 2. The molecular formula is C24H30FN9O2. The molecule has 0 atom stereocenters. The Morgan fingerprint density at radius 3 is 2.58 bits per heavy atom. The van der Waals surface area contributed by atoms with Gasteiger partial charge >= 0.3 is 12.1 Å². The average Bonchev–Trinajstić information content (AvgIpc) is 3.20. The van der Waals surface area contributed by atoms with Gasteiger partial charge in [0.05, 0.1) is 17.9 Å². The molecule has 36 heavy (non-hydrogen) atoms. The Bertz CT molecular complexity index is 1320. The number of anilines is 5. The van der Waals surface area contributed by atoms with Gasteiger partial charge in [-0.05, 0) is 25.1 Å². The predicted molar refractivity (Wildman–Crippen MR) is 137 cm³/mol. The largest absolute Gasteiger partial charge is 0.357 e. The molecule has 0 bridgehead atoms. The number of rotatable bonds is 5. The maximum atomic E-state index is 14.6. The van der Waals surface area contributed by atoms with Crippen LogP contribution in [0.1, 0.15) is 39.0 Å². The number of carbonyl (C=O) groups is 2. The standard InChI is InChI=1S/C24H30FN9O2/c1-7-33-20-14(12-27-21(26-5)30-20)13-34(23(33)36)15-8-9-16(25)17(10-15)28-22(35)29-19-11-18(24(2,3)4)31-32(19)6/h8-12H,7,13H2,1-6H3,(H,26,27,30)(H2,28,29,35). The number of nitrogens with one attached hydrogen (secondary N) is 3. The van der Waals surface area contributed by atoms with Gasteiger partial charge in [0.25, 0.3) is 0 Å². The van der Waals surface area contributed by atoms with Crippen LogP contribution in [0.15, 0.2) is 30.5 Å². The monoisotopic (exact) mass is 495 g/mol. The van der Waals surface area contributed by atoms with E-state index < -0.39 is 11.8 Å². The zero-order valence-corrected chi connectivity index (χ0v) is 21.2. The van der Waals surface area contributed by atoms with Crippen LogP contribution in [0.3, 0.4) is 0 Å². The van der Waals surface area contributed by atoms with Crippen molar-refractivity contribution in [3.63, 3.8) is 0 Å². The fourth-order valence-corrected chi connectivity index (χ4v) is 3.82. The summed E-state index contributed by atoms with van der Waals surface area (Å²) in [7, 11) is 3.42. The van der Waals surface area contributed by atoms with Crippen molar-refractivity contribution in [2.45, 2.75) is 39.7 Å². The minimum absolute atomic E-state index is 0.0633. The molecule has 4 rings (SSSR count). The van der Waals surface area contributed by atoms with Crippen LogP contribution >= 0.6 is 0 Å². The Balaban J connectivity index is 1.56. The molecule has 0 unspecified atom stereocenters. The lowest BCUT2D eigenvalue weighted by Crippen LogP contribution is -2.48. The van der Waals surface area contributed by atoms with Crippen molar-refractivity contribution in [1.82, 2.24) is 19.7 Å². The van der Waals surface area contributed by atoms with Crippen molar-refractivity contribution in [3.05, 3.63) is 47.5 Å². The molecule has 0 saturated heterocycles. The van der Waals surface area contributed by atoms with Gasteiger partial charge in [-0.25, -0.2) is 19.0 Å². The summed E-state index contributed by atoms with van der Waals surface area (Å²) in [6.45, 7) is 8.50. The van der Waals surface area contributed by atoms with Gasteiger partial charge in [-0.15, -0.1) is 0 Å².